The van der Waals surface area contributed by atoms with Crippen LogP contribution in [-0.2, 0) is 9.47 Å². The summed E-state index contributed by atoms with van der Waals surface area (Å²) in [6, 6.07) is 9.72. The molecule has 8 heteroatoms. The van der Waals surface area contributed by atoms with Gasteiger partial charge in [0.25, 0.3) is 5.91 Å². The number of morpholine rings is 1. The van der Waals surface area contributed by atoms with Crippen LogP contribution in [0.3, 0.4) is 0 Å². The summed E-state index contributed by atoms with van der Waals surface area (Å²) in [7, 11) is 0. The van der Waals surface area contributed by atoms with E-state index in [1.54, 1.807) is 12.3 Å². The summed E-state index contributed by atoms with van der Waals surface area (Å²) in [4.78, 5) is 19.3. The first-order valence-electron chi connectivity index (χ1n) is 10.9. The Morgan fingerprint density at radius 1 is 1.10 bits per heavy atom. The van der Waals surface area contributed by atoms with E-state index in [1.165, 1.54) is 0 Å². The number of anilines is 1. The molecule has 0 atom stereocenters. The lowest BCUT2D eigenvalue weighted by molar-refractivity contribution is 0.0322. The minimum absolute atomic E-state index is 0.109. The van der Waals surface area contributed by atoms with Gasteiger partial charge in [-0.05, 0) is 36.6 Å². The second kappa shape index (κ2) is 10.6. The number of nitrogens with zero attached hydrogens (tertiary/aromatic N) is 2. The standard InChI is InChI=1S/C23H30N4O4/c24-22-21(23(28)26-19-5-10-29-11-6-19)15-18(16-25-22)17-1-3-20(4-2-17)31-14-9-27-7-12-30-13-8-27/h1-4,15-16,19H,5-14H2,(H2,24,25)(H,26,28). The maximum Gasteiger partial charge on any atom is 0.255 e. The van der Waals surface area contributed by atoms with E-state index < -0.39 is 0 Å². The van der Waals surface area contributed by atoms with Crippen molar-refractivity contribution in [1.29, 1.82) is 0 Å². The molecule has 0 unspecified atom stereocenters. The summed E-state index contributed by atoms with van der Waals surface area (Å²) in [5.74, 6) is 0.857. The van der Waals surface area contributed by atoms with Crippen LogP contribution in [0, 0.1) is 0 Å². The molecule has 8 nitrogen and oxygen atoms in total. The van der Waals surface area contributed by atoms with Crippen molar-refractivity contribution >= 4 is 11.7 Å². The van der Waals surface area contributed by atoms with Crippen molar-refractivity contribution in [3.8, 4) is 16.9 Å². The number of amides is 1. The lowest BCUT2D eigenvalue weighted by atomic mass is 10.0. The smallest absolute Gasteiger partial charge is 0.255 e. The highest BCUT2D eigenvalue weighted by atomic mass is 16.5. The molecule has 31 heavy (non-hydrogen) atoms. The molecule has 0 aliphatic carbocycles. The van der Waals surface area contributed by atoms with Crippen molar-refractivity contribution in [3.63, 3.8) is 0 Å². The quantitative estimate of drug-likeness (QED) is 0.698. The molecule has 0 spiro atoms. The van der Waals surface area contributed by atoms with Crippen molar-refractivity contribution in [2.75, 3.05) is 58.4 Å². The summed E-state index contributed by atoms with van der Waals surface area (Å²) in [6.07, 6.45) is 3.31. The van der Waals surface area contributed by atoms with Gasteiger partial charge in [0, 0.05) is 50.7 Å². The third-order valence-electron chi connectivity index (χ3n) is 5.69. The van der Waals surface area contributed by atoms with Crippen molar-refractivity contribution in [2.24, 2.45) is 0 Å². The number of ether oxygens (including phenoxy) is 3. The molecule has 2 aliphatic heterocycles. The molecular weight excluding hydrogens is 396 g/mol. The van der Waals surface area contributed by atoms with Crippen LogP contribution >= 0.6 is 0 Å². The fraction of sp³-hybridized carbons (Fsp3) is 0.478. The molecule has 3 N–H and O–H groups in total. The number of nitrogens with two attached hydrogens (primary N) is 1. The lowest BCUT2D eigenvalue weighted by Crippen LogP contribution is -2.39. The molecule has 0 radical (unpaired) electrons. The van der Waals surface area contributed by atoms with Crippen LogP contribution in [0.5, 0.6) is 5.75 Å². The van der Waals surface area contributed by atoms with Crippen molar-refractivity contribution in [3.05, 3.63) is 42.1 Å². The van der Waals surface area contributed by atoms with E-state index in [2.05, 4.69) is 15.2 Å². The van der Waals surface area contributed by atoms with Gasteiger partial charge in [-0.2, -0.15) is 0 Å². The van der Waals surface area contributed by atoms with Gasteiger partial charge in [0.2, 0.25) is 0 Å². The topological polar surface area (TPSA) is 98.9 Å². The first-order chi connectivity index (χ1) is 15.2. The molecule has 3 heterocycles. The summed E-state index contributed by atoms with van der Waals surface area (Å²) in [5, 5.41) is 3.04. The van der Waals surface area contributed by atoms with Gasteiger partial charge in [0.1, 0.15) is 18.2 Å². The normalized spacial score (nSPS) is 17.9. The average Bonchev–Trinajstić information content (AvgIpc) is 2.81. The molecule has 4 rings (SSSR count). The van der Waals surface area contributed by atoms with E-state index in [1.807, 2.05) is 24.3 Å². The maximum absolute atomic E-state index is 12.7. The summed E-state index contributed by atoms with van der Waals surface area (Å²) in [6.45, 7) is 6.35. The zero-order valence-electron chi connectivity index (χ0n) is 17.7. The van der Waals surface area contributed by atoms with Crippen molar-refractivity contribution in [2.45, 2.75) is 18.9 Å². The fourth-order valence-electron chi connectivity index (χ4n) is 3.78. The van der Waals surface area contributed by atoms with Crippen LogP contribution in [0.1, 0.15) is 23.2 Å². The monoisotopic (exact) mass is 426 g/mol. The second-order valence-electron chi connectivity index (χ2n) is 7.84. The van der Waals surface area contributed by atoms with Gasteiger partial charge in [-0.25, -0.2) is 4.98 Å². The Labute approximate surface area is 182 Å². The molecule has 2 aliphatic rings. The Bertz CT molecular complexity index is 862. The Morgan fingerprint density at radius 3 is 2.55 bits per heavy atom. The largest absolute Gasteiger partial charge is 0.492 e. The van der Waals surface area contributed by atoms with Gasteiger partial charge in [-0.3, -0.25) is 9.69 Å². The zero-order chi connectivity index (χ0) is 21.5. The first-order valence-corrected chi connectivity index (χ1v) is 10.9. The summed E-state index contributed by atoms with van der Waals surface area (Å²) in [5.41, 5.74) is 8.17. The number of pyridine rings is 1. The molecule has 2 saturated heterocycles. The van der Waals surface area contributed by atoms with E-state index in [4.69, 9.17) is 19.9 Å². The SMILES string of the molecule is Nc1ncc(-c2ccc(OCCN3CCOCC3)cc2)cc1C(=O)NC1CCOCC1. The number of hydrogen-bond donors (Lipinski definition) is 2. The van der Waals surface area contributed by atoms with E-state index in [0.717, 1.165) is 62.6 Å². The highest BCUT2D eigenvalue weighted by Gasteiger charge is 2.19. The van der Waals surface area contributed by atoms with Gasteiger partial charge >= 0.3 is 0 Å². The molecule has 1 amide bonds. The van der Waals surface area contributed by atoms with Crippen LogP contribution < -0.4 is 15.8 Å². The minimum Gasteiger partial charge on any atom is -0.492 e. The molecule has 166 valence electrons. The fourth-order valence-corrected chi connectivity index (χ4v) is 3.78. The minimum atomic E-state index is -0.193. The van der Waals surface area contributed by atoms with E-state index in [0.29, 0.717) is 25.4 Å². The highest BCUT2D eigenvalue weighted by Crippen LogP contribution is 2.25. The number of benzene rings is 1. The van der Waals surface area contributed by atoms with Crippen LogP contribution in [0.25, 0.3) is 11.1 Å². The number of carbonyl (C=O) groups excluding carboxylic acids is 1. The number of carbonyl (C=O) groups is 1. The zero-order valence-corrected chi connectivity index (χ0v) is 17.7. The van der Waals surface area contributed by atoms with E-state index in [9.17, 15) is 4.79 Å². The molecule has 0 saturated carbocycles. The third-order valence-corrected chi connectivity index (χ3v) is 5.69. The third kappa shape index (κ3) is 5.94. The van der Waals surface area contributed by atoms with Crippen LogP contribution in [0.4, 0.5) is 5.82 Å². The van der Waals surface area contributed by atoms with Gasteiger partial charge in [0.15, 0.2) is 0 Å². The molecule has 2 fully saturated rings. The highest BCUT2D eigenvalue weighted by molar-refractivity contribution is 5.99. The predicted molar refractivity (Wildman–Crippen MR) is 118 cm³/mol. The molecule has 1 aromatic heterocycles. The van der Waals surface area contributed by atoms with Gasteiger partial charge in [-0.1, -0.05) is 12.1 Å². The summed E-state index contributed by atoms with van der Waals surface area (Å²) < 4.78 is 16.6. The number of hydrogen-bond acceptors (Lipinski definition) is 7. The van der Waals surface area contributed by atoms with Gasteiger partial charge in [-0.15, -0.1) is 0 Å². The predicted octanol–water partition coefficient (Wildman–Crippen LogP) is 1.95. The summed E-state index contributed by atoms with van der Waals surface area (Å²) >= 11 is 0. The number of rotatable bonds is 7. The Balaban J connectivity index is 1.36. The van der Waals surface area contributed by atoms with Crippen LogP contribution in [0.2, 0.25) is 0 Å². The number of aromatic nitrogens is 1. The van der Waals surface area contributed by atoms with E-state index >= 15 is 0 Å². The Kier molecular flexibility index (Phi) is 7.35. The number of nitrogen functional groups attached to an aromatic ring is 1. The van der Waals surface area contributed by atoms with Gasteiger partial charge < -0.3 is 25.3 Å². The second-order valence-corrected chi connectivity index (χ2v) is 7.84. The molecule has 0 bridgehead atoms. The van der Waals surface area contributed by atoms with E-state index in [-0.39, 0.29) is 17.8 Å². The molecular formula is C23H30N4O4. The Hall–Kier alpha value is -2.68. The van der Waals surface area contributed by atoms with Crippen LogP contribution in [-0.4, -0.2) is 74.5 Å². The average molecular weight is 427 g/mol. The van der Waals surface area contributed by atoms with Crippen molar-refractivity contribution < 1.29 is 19.0 Å². The molecule has 1 aromatic carbocycles. The first kappa shape index (κ1) is 21.5. The number of nitrogens with one attached hydrogen (secondary N) is 1. The Morgan fingerprint density at radius 2 is 1.81 bits per heavy atom. The van der Waals surface area contributed by atoms with Gasteiger partial charge in [0.05, 0.1) is 18.8 Å². The molecule has 2 aromatic rings. The maximum atomic E-state index is 12.7. The lowest BCUT2D eigenvalue weighted by Gasteiger charge is -2.26. The van der Waals surface area contributed by atoms with Crippen molar-refractivity contribution in [1.82, 2.24) is 15.2 Å². The van der Waals surface area contributed by atoms with Crippen LogP contribution in [0.15, 0.2) is 36.5 Å².